The second kappa shape index (κ2) is 4.84. The summed E-state index contributed by atoms with van der Waals surface area (Å²) in [6, 6.07) is 7.90. The van der Waals surface area contributed by atoms with Crippen molar-refractivity contribution in [1.82, 2.24) is 0 Å². The Labute approximate surface area is 95.8 Å². The minimum absolute atomic E-state index is 0.175. The highest BCUT2D eigenvalue weighted by Gasteiger charge is 2.18. The number of hydrogen-bond donors (Lipinski definition) is 1. The van der Waals surface area contributed by atoms with Gasteiger partial charge in [-0.25, -0.2) is 0 Å². The predicted molar refractivity (Wildman–Crippen MR) is 66.7 cm³/mol. The van der Waals surface area contributed by atoms with Gasteiger partial charge in [-0.1, -0.05) is 18.2 Å². The maximum absolute atomic E-state index is 12.0. The highest BCUT2D eigenvalue weighted by atomic mass is 16.2. The Kier molecular flexibility index (Phi) is 3.25. The minimum Gasteiger partial charge on any atom is -0.383 e. The summed E-state index contributed by atoms with van der Waals surface area (Å²) in [4.78, 5) is 13.8. The van der Waals surface area contributed by atoms with Crippen LogP contribution >= 0.6 is 0 Å². The zero-order valence-corrected chi connectivity index (χ0v) is 9.28. The number of hydrogen-bond acceptors (Lipinski definition) is 2. The van der Waals surface area contributed by atoms with E-state index in [1.807, 2.05) is 24.3 Å². The first-order chi connectivity index (χ1) is 7.83. The molecule has 0 saturated heterocycles. The van der Waals surface area contributed by atoms with Crippen LogP contribution in [0.15, 0.2) is 36.9 Å². The number of nitrogens with zero attached hydrogens (tertiary/aromatic N) is 1. The SMILES string of the molecule is C=CCN1C(=O)CCCNc2ccccc21. The fourth-order valence-electron chi connectivity index (χ4n) is 1.92. The van der Waals surface area contributed by atoms with Gasteiger partial charge in [-0.15, -0.1) is 6.58 Å². The van der Waals surface area contributed by atoms with Gasteiger partial charge < -0.3 is 10.2 Å². The van der Waals surface area contributed by atoms with Gasteiger partial charge in [0, 0.05) is 19.5 Å². The average molecular weight is 216 g/mol. The number of carbonyl (C=O) groups is 1. The molecule has 0 atom stereocenters. The number of carbonyl (C=O) groups excluding carboxylic acids is 1. The third-order valence-corrected chi connectivity index (χ3v) is 2.69. The predicted octanol–water partition coefficient (Wildman–Crippen LogP) is 2.41. The first kappa shape index (κ1) is 10.7. The number of para-hydroxylation sites is 2. The second-order valence-electron chi connectivity index (χ2n) is 3.84. The summed E-state index contributed by atoms with van der Waals surface area (Å²) in [7, 11) is 0. The van der Waals surface area contributed by atoms with Gasteiger partial charge in [0.15, 0.2) is 0 Å². The van der Waals surface area contributed by atoms with E-state index in [0.717, 1.165) is 24.3 Å². The van der Waals surface area contributed by atoms with Crippen molar-refractivity contribution in [3.8, 4) is 0 Å². The number of fused-ring (bicyclic) bond motifs is 1. The quantitative estimate of drug-likeness (QED) is 0.770. The van der Waals surface area contributed by atoms with Crippen LogP contribution in [0, 0.1) is 0 Å². The summed E-state index contributed by atoms with van der Waals surface area (Å²) >= 11 is 0. The van der Waals surface area contributed by atoms with E-state index in [9.17, 15) is 4.79 Å². The smallest absolute Gasteiger partial charge is 0.227 e. The molecular weight excluding hydrogens is 200 g/mol. The molecule has 0 radical (unpaired) electrons. The molecule has 0 bridgehead atoms. The Morgan fingerprint density at radius 3 is 3.06 bits per heavy atom. The molecule has 1 heterocycles. The van der Waals surface area contributed by atoms with E-state index in [1.54, 1.807) is 11.0 Å². The van der Waals surface area contributed by atoms with Gasteiger partial charge in [-0.2, -0.15) is 0 Å². The summed E-state index contributed by atoms with van der Waals surface area (Å²) in [5.74, 6) is 0.175. The van der Waals surface area contributed by atoms with E-state index >= 15 is 0 Å². The van der Waals surface area contributed by atoms with Gasteiger partial charge in [0.05, 0.1) is 11.4 Å². The van der Waals surface area contributed by atoms with E-state index in [0.29, 0.717) is 13.0 Å². The van der Waals surface area contributed by atoms with E-state index in [-0.39, 0.29) is 5.91 Å². The highest BCUT2D eigenvalue weighted by Crippen LogP contribution is 2.27. The van der Waals surface area contributed by atoms with Gasteiger partial charge in [0.2, 0.25) is 5.91 Å². The van der Waals surface area contributed by atoms with Crippen molar-refractivity contribution >= 4 is 17.3 Å². The van der Waals surface area contributed by atoms with Crippen LogP contribution in [0.5, 0.6) is 0 Å². The van der Waals surface area contributed by atoms with Crippen LogP contribution in [-0.2, 0) is 4.79 Å². The van der Waals surface area contributed by atoms with Crippen molar-refractivity contribution in [3.05, 3.63) is 36.9 Å². The summed E-state index contributed by atoms with van der Waals surface area (Å²) in [5.41, 5.74) is 1.98. The molecule has 0 fully saturated rings. The van der Waals surface area contributed by atoms with Crippen LogP contribution < -0.4 is 10.2 Å². The standard InChI is InChI=1S/C13H16N2O/c1-2-10-15-12-7-4-3-6-11(12)14-9-5-8-13(15)16/h2-4,6-7,14H,1,5,8-10H2. The Balaban J connectivity index is 2.40. The first-order valence-corrected chi connectivity index (χ1v) is 5.57. The lowest BCUT2D eigenvalue weighted by Crippen LogP contribution is -2.33. The molecule has 1 aromatic rings. The molecule has 1 aliphatic rings. The van der Waals surface area contributed by atoms with Crippen molar-refractivity contribution in [3.63, 3.8) is 0 Å². The fraction of sp³-hybridized carbons (Fsp3) is 0.308. The second-order valence-corrected chi connectivity index (χ2v) is 3.84. The van der Waals surface area contributed by atoms with Crippen LogP contribution in [0.4, 0.5) is 11.4 Å². The Morgan fingerprint density at radius 1 is 1.44 bits per heavy atom. The zero-order valence-electron chi connectivity index (χ0n) is 9.28. The molecule has 0 aliphatic carbocycles. The molecule has 0 unspecified atom stereocenters. The molecule has 0 aromatic heterocycles. The van der Waals surface area contributed by atoms with Crippen molar-refractivity contribution in [2.75, 3.05) is 23.3 Å². The summed E-state index contributed by atoms with van der Waals surface area (Å²) in [6.07, 6.45) is 3.23. The molecule has 16 heavy (non-hydrogen) atoms. The molecule has 0 saturated carbocycles. The molecule has 1 N–H and O–H groups in total. The molecule has 0 spiro atoms. The summed E-state index contributed by atoms with van der Waals surface area (Å²) in [6.45, 7) is 5.12. The van der Waals surface area contributed by atoms with Gasteiger partial charge in [-0.05, 0) is 18.6 Å². The van der Waals surface area contributed by atoms with Crippen LogP contribution in [0.2, 0.25) is 0 Å². The van der Waals surface area contributed by atoms with Crippen molar-refractivity contribution in [2.24, 2.45) is 0 Å². The monoisotopic (exact) mass is 216 g/mol. The Morgan fingerprint density at radius 2 is 2.25 bits per heavy atom. The van der Waals surface area contributed by atoms with Crippen molar-refractivity contribution in [1.29, 1.82) is 0 Å². The minimum atomic E-state index is 0.175. The Hall–Kier alpha value is -1.77. The number of anilines is 2. The zero-order chi connectivity index (χ0) is 11.4. The third kappa shape index (κ3) is 2.08. The number of nitrogens with one attached hydrogen (secondary N) is 1. The van der Waals surface area contributed by atoms with E-state index in [1.165, 1.54) is 0 Å². The van der Waals surface area contributed by atoms with Crippen LogP contribution in [-0.4, -0.2) is 19.0 Å². The lowest BCUT2D eigenvalue weighted by atomic mass is 10.1. The van der Waals surface area contributed by atoms with Crippen LogP contribution in [0.25, 0.3) is 0 Å². The number of amides is 1. The fourth-order valence-corrected chi connectivity index (χ4v) is 1.92. The number of benzene rings is 1. The molecule has 84 valence electrons. The van der Waals surface area contributed by atoms with E-state index in [2.05, 4.69) is 11.9 Å². The van der Waals surface area contributed by atoms with Gasteiger partial charge in [-0.3, -0.25) is 4.79 Å². The topological polar surface area (TPSA) is 32.3 Å². The van der Waals surface area contributed by atoms with Gasteiger partial charge in [0.25, 0.3) is 0 Å². The van der Waals surface area contributed by atoms with E-state index in [4.69, 9.17) is 0 Å². The highest BCUT2D eigenvalue weighted by molar-refractivity contribution is 5.97. The molecular formula is C13H16N2O. The largest absolute Gasteiger partial charge is 0.383 e. The molecule has 2 rings (SSSR count). The van der Waals surface area contributed by atoms with Crippen molar-refractivity contribution in [2.45, 2.75) is 12.8 Å². The normalized spacial score (nSPS) is 15.8. The lowest BCUT2D eigenvalue weighted by Gasteiger charge is -2.26. The van der Waals surface area contributed by atoms with E-state index < -0.39 is 0 Å². The van der Waals surface area contributed by atoms with Crippen molar-refractivity contribution < 1.29 is 4.79 Å². The number of rotatable bonds is 2. The van der Waals surface area contributed by atoms with Gasteiger partial charge in [0.1, 0.15) is 0 Å². The molecule has 1 aromatic carbocycles. The summed E-state index contributed by atoms with van der Waals surface area (Å²) in [5, 5.41) is 3.35. The third-order valence-electron chi connectivity index (χ3n) is 2.69. The molecule has 1 amide bonds. The van der Waals surface area contributed by atoms with Crippen LogP contribution in [0.1, 0.15) is 12.8 Å². The van der Waals surface area contributed by atoms with Gasteiger partial charge >= 0.3 is 0 Å². The van der Waals surface area contributed by atoms with Crippen LogP contribution in [0.3, 0.4) is 0 Å². The maximum atomic E-state index is 12.0. The first-order valence-electron chi connectivity index (χ1n) is 5.57. The average Bonchev–Trinajstić information content (AvgIpc) is 2.30. The lowest BCUT2D eigenvalue weighted by molar-refractivity contribution is -0.118. The Bertz CT molecular complexity index is 401. The molecule has 3 nitrogen and oxygen atoms in total. The molecule has 1 aliphatic heterocycles. The summed E-state index contributed by atoms with van der Waals surface area (Å²) < 4.78 is 0. The maximum Gasteiger partial charge on any atom is 0.227 e. The molecule has 3 heteroatoms.